The van der Waals surface area contributed by atoms with Crippen molar-refractivity contribution in [2.75, 3.05) is 19.7 Å². The Morgan fingerprint density at radius 1 is 1.67 bits per heavy atom. The van der Waals surface area contributed by atoms with Gasteiger partial charge in [-0.3, -0.25) is 4.99 Å². The summed E-state index contributed by atoms with van der Waals surface area (Å²) in [5.74, 6) is -0.369. The van der Waals surface area contributed by atoms with Crippen molar-refractivity contribution in [1.82, 2.24) is 4.57 Å². The maximum absolute atomic E-state index is 13.6. The van der Waals surface area contributed by atoms with Gasteiger partial charge in [0.1, 0.15) is 11.8 Å². The molecule has 0 aliphatic heterocycles. The molecule has 3 N–H and O–H groups in total. The number of rotatable bonds is 7. The zero-order chi connectivity index (χ0) is 13.5. The standard InChI is InChI=1S/C11H17ClFN3O2/c1-18-8(6-17)2-3-16-4-9(10(13)5-16)11(14)15-7-12/h4-5,8,17H,2-3,6-7H2,1H3,(H2,14,15). The van der Waals surface area contributed by atoms with Crippen molar-refractivity contribution in [3.05, 3.63) is 23.8 Å². The van der Waals surface area contributed by atoms with E-state index < -0.39 is 5.82 Å². The Labute approximate surface area is 110 Å². The number of aromatic nitrogens is 1. The predicted molar refractivity (Wildman–Crippen MR) is 68.3 cm³/mol. The number of hydrogen-bond donors (Lipinski definition) is 2. The van der Waals surface area contributed by atoms with Crippen LogP contribution < -0.4 is 5.73 Å². The maximum Gasteiger partial charge on any atom is 0.151 e. The van der Waals surface area contributed by atoms with Gasteiger partial charge in [0, 0.05) is 26.0 Å². The fourth-order valence-corrected chi connectivity index (χ4v) is 1.65. The van der Waals surface area contributed by atoms with E-state index in [-0.39, 0.29) is 30.1 Å². The molecule has 0 aliphatic rings. The SMILES string of the molecule is COC(CO)CCn1cc(F)c(/C(N)=N\CCl)c1. The van der Waals surface area contributed by atoms with Gasteiger partial charge in [-0.25, -0.2) is 4.39 Å². The molecule has 7 heteroatoms. The topological polar surface area (TPSA) is 72.8 Å². The molecule has 0 saturated heterocycles. The predicted octanol–water partition coefficient (Wildman–Crippen LogP) is 0.926. The highest BCUT2D eigenvalue weighted by atomic mass is 35.5. The first-order valence-corrected chi connectivity index (χ1v) is 6.01. The summed E-state index contributed by atoms with van der Waals surface area (Å²) in [6, 6.07) is -0.00723. The van der Waals surface area contributed by atoms with Gasteiger partial charge in [0.25, 0.3) is 0 Å². The van der Waals surface area contributed by atoms with Crippen LogP contribution in [-0.4, -0.2) is 41.3 Å². The Morgan fingerprint density at radius 3 is 2.94 bits per heavy atom. The van der Waals surface area contributed by atoms with Gasteiger partial charge in [-0.15, -0.1) is 11.6 Å². The van der Waals surface area contributed by atoms with Crippen molar-refractivity contribution in [3.63, 3.8) is 0 Å². The van der Waals surface area contributed by atoms with Crippen LogP contribution in [0.1, 0.15) is 12.0 Å². The number of hydrogen-bond acceptors (Lipinski definition) is 3. The monoisotopic (exact) mass is 277 g/mol. The van der Waals surface area contributed by atoms with E-state index in [1.165, 1.54) is 13.3 Å². The minimum atomic E-state index is -0.445. The molecule has 1 unspecified atom stereocenters. The second kappa shape index (κ2) is 7.35. The summed E-state index contributed by atoms with van der Waals surface area (Å²) in [6.07, 6.45) is 3.21. The zero-order valence-corrected chi connectivity index (χ0v) is 10.9. The summed E-state index contributed by atoms with van der Waals surface area (Å²) in [4.78, 5) is 3.74. The number of aryl methyl sites for hydroxylation is 1. The Balaban J connectivity index is 2.69. The number of nitrogens with zero attached hydrogens (tertiary/aromatic N) is 2. The summed E-state index contributed by atoms with van der Waals surface area (Å²) >= 11 is 5.40. The third-order valence-corrected chi connectivity index (χ3v) is 2.70. The summed E-state index contributed by atoms with van der Waals surface area (Å²) in [7, 11) is 1.52. The van der Waals surface area contributed by atoms with Gasteiger partial charge >= 0.3 is 0 Å². The molecule has 1 heterocycles. The molecule has 1 rings (SSSR count). The van der Waals surface area contributed by atoms with E-state index in [0.717, 1.165) is 0 Å². The number of alkyl halides is 1. The fourth-order valence-electron chi connectivity index (χ4n) is 1.52. The van der Waals surface area contributed by atoms with Crippen LogP contribution in [-0.2, 0) is 11.3 Å². The van der Waals surface area contributed by atoms with Crippen LogP contribution in [0.2, 0.25) is 0 Å². The Morgan fingerprint density at radius 2 is 2.39 bits per heavy atom. The highest BCUT2D eigenvalue weighted by molar-refractivity contribution is 6.18. The van der Waals surface area contributed by atoms with Gasteiger partial charge in [-0.05, 0) is 6.42 Å². The molecule has 1 aromatic heterocycles. The molecule has 0 aliphatic carbocycles. The Bertz CT molecular complexity index is 405. The van der Waals surface area contributed by atoms with Crippen LogP contribution in [0.5, 0.6) is 0 Å². The van der Waals surface area contributed by atoms with E-state index in [1.54, 1.807) is 10.8 Å². The van der Waals surface area contributed by atoms with Crippen LogP contribution in [0.25, 0.3) is 0 Å². The van der Waals surface area contributed by atoms with E-state index in [0.29, 0.717) is 13.0 Å². The largest absolute Gasteiger partial charge is 0.394 e. The molecule has 0 spiro atoms. The minimum Gasteiger partial charge on any atom is -0.394 e. The number of methoxy groups -OCH3 is 1. The third-order valence-electron chi connectivity index (χ3n) is 2.58. The van der Waals surface area contributed by atoms with E-state index in [1.807, 2.05) is 0 Å². The van der Waals surface area contributed by atoms with Crippen LogP contribution in [0.15, 0.2) is 17.4 Å². The molecule has 1 atom stereocenters. The lowest BCUT2D eigenvalue weighted by atomic mass is 10.2. The molecular formula is C11H17ClFN3O2. The van der Waals surface area contributed by atoms with Gasteiger partial charge in [-0.2, -0.15) is 0 Å². The average molecular weight is 278 g/mol. The quantitative estimate of drug-likeness (QED) is 0.337. The number of amidine groups is 1. The second-order valence-corrected chi connectivity index (χ2v) is 3.99. The minimum absolute atomic E-state index is 0.00723. The van der Waals surface area contributed by atoms with Gasteiger partial charge in [0.05, 0.1) is 18.3 Å². The van der Waals surface area contributed by atoms with E-state index in [9.17, 15) is 4.39 Å². The number of nitrogens with two attached hydrogens (primary N) is 1. The number of aliphatic imine (C=N–C) groups is 1. The molecule has 102 valence electrons. The number of aliphatic hydroxyl groups excluding tert-OH is 1. The smallest absolute Gasteiger partial charge is 0.151 e. The lowest BCUT2D eigenvalue weighted by Gasteiger charge is -2.12. The van der Waals surface area contributed by atoms with E-state index in [4.69, 9.17) is 27.2 Å². The van der Waals surface area contributed by atoms with Crippen LogP contribution in [0, 0.1) is 5.82 Å². The summed E-state index contributed by atoms with van der Waals surface area (Å²) < 4.78 is 20.2. The lowest BCUT2D eigenvalue weighted by molar-refractivity contribution is 0.0403. The number of halogens is 2. The van der Waals surface area contributed by atoms with Gasteiger partial charge in [0.15, 0.2) is 5.82 Å². The van der Waals surface area contributed by atoms with E-state index >= 15 is 0 Å². The number of aliphatic hydroxyl groups is 1. The maximum atomic E-state index is 13.6. The summed E-state index contributed by atoms with van der Waals surface area (Å²) in [5, 5.41) is 8.96. The molecular weight excluding hydrogens is 261 g/mol. The molecule has 0 aromatic carbocycles. The van der Waals surface area contributed by atoms with Crippen molar-refractivity contribution in [1.29, 1.82) is 0 Å². The molecule has 0 amide bonds. The average Bonchev–Trinajstić information content (AvgIpc) is 2.72. The van der Waals surface area contributed by atoms with Crippen molar-refractivity contribution >= 4 is 17.4 Å². The molecule has 18 heavy (non-hydrogen) atoms. The van der Waals surface area contributed by atoms with Gasteiger partial charge in [0.2, 0.25) is 0 Å². The molecule has 0 fully saturated rings. The van der Waals surface area contributed by atoms with Gasteiger partial charge < -0.3 is 20.1 Å². The zero-order valence-electron chi connectivity index (χ0n) is 10.1. The third kappa shape index (κ3) is 3.97. The Hall–Kier alpha value is -1.11. The molecule has 5 nitrogen and oxygen atoms in total. The summed E-state index contributed by atoms with van der Waals surface area (Å²) in [6.45, 7) is 0.451. The second-order valence-electron chi connectivity index (χ2n) is 3.75. The van der Waals surface area contributed by atoms with Crippen LogP contribution in [0.4, 0.5) is 4.39 Å². The van der Waals surface area contributed by atoms with Gasteiger partial charge in [-0.1, -0.05) is 0 Å². The first kappa shape index (κ1) is 14.9. The van der Waals surface area contributed by atoms with Crippen molar-refractivity contribution < 1.29 is 14.2 Å². The highest BCUT2D eigenvalue weighted by Gasteiger charge is 2.11. The molecule has 0 radical (unpaired) electrons. The Kier molecular flexibility index (Phi) is 6.11. The molecule has 1 aromatic rings. The van der Waals surface area contributed by atoms with Crippen molar-refractivity contribution in [2.24, 2.45) is 10.7 Å². The number of ether oxygens (including phenoxy) is 1. The normalized spacial score (nSPS) is 13.9. The van der Waals surface area contributed by atoms with Crippen LogP contribution in [0.3, 0.4) is 0 Å². The molecule has 0 saturated carbocycles. The van der Waals surface area contributed by atoms with Crippen LogP contribution >= 0.6 is 11.6 Å². The molecule has 0 bridgehead atoms. The first-order chi connectivity index (χ1) is 8.62. The summed E-state index contributed by atoms with van der Waals surface area (Å²) in [5.41, 5.74) is 5.81. The van der Waals surface area contributed by atoms with E-state index in [2.05, 4.69) is 4.99 Å². The highest BCUT2D eigenvalue weighted by Crippen LogP contribution is 2.10. The lowest BCUT2D eigenvalue weighted by Crippen LogP contribution is -2.18. The van der Waals surface area contributed by atoms with Crippen molar-refractivity contribution in [2.45, 2.75) is 19.1 Å². The van der Waals surface area contributed by atoms with Crippen molar-refractivity contribution in [3.8, 4) is 0 Å². The fraction of sp³-hybridized carbons (Fsp3) is 0.545. The first-order valence-electron chi connectivity index (χ1n) is 5.47.